The van der Waals surface area contributed by atoms with Gasteiger partial charge < -0.3 is 16.0 Å². The van der Waals surface area contributed by atoms with E-state index in [0.717, 1.165) is 30.9 Å². The second-order valence-corrected chi connectivity index (χ2v) is 6.50. The molecule has 110 valence electrons. The number of carbonyl (C=O) groups is 1. The van der Waals surface area contributed by atoms with Crippen molar-refractivity contribution in [1.82, 2.24) is 9.69 Å². The Bertz CT molecular complexity index is 476. The van der Waals surface area contributed by atoms with Gasteiger partial charge in [0.1, 0.15) is 10.6 Å². The lowest BCUT2D eigenvalue weighted by Gasteiger charge is -2.25. The third-order valence-corrected chi connectivity index (χ3v) is 4.91. The van der Waals surface area contributed by atoms with E-state index < -0.39 is 0 Å². The van der Waals surface area contributed by atoms with Crippen LogP contribution in [-0.4, -0.2) is 29.4 Å². The average Bonchev–Trinajstić information content (AvgIpc) is 3.10. The Balaban J connectivity index is 1.78. The van der Waals surface area contributed by atoms with Crippen LogP contribution in [0.3, 0.4) is 0 Å². The summed E-state index contributed by atoms with van der Waals surface area (Å²) in [5, 5.41) is 3.99. The van der Waals surface area contributed by atoms with Crippen LogP contribution in [0.1, 0.15) is 55.3 Å². The molecule has 3 N–H and O–H groups in total. The molecule has 0 radical (unpaired) electrons. The maximum Gasteiger partial charge on any atom is 0.258 e. The van der Waals surface area contributed by atoms with Gasteiger partial charge >= 0.3 is 0 Å². The molecule has 0 unspecified atom stereocenters. The number of hydrogen-bond acceptors (Lipinski definition) is 5. The molecular weight excluding hydrogens is 272 g/mol. The smallest absolute Gasteiger partial charge is 0.258 e. The number of amides is 1. The van der Waals surface area contributed by atoms with E-state index >= 15 is 0 Å². The van der Waals surface area contributed by atoms with Crippen molar-refractivity contribution in [1.29, 1.82) is 0 Å². The zero-order valence-corrected chi connectivity index (χ0v) is 12.5. The Kier molecular flexibility index (Phi) is 4.10. The third kappa shape index (κ3) is 3.06. The molecule has 2 heterocycles. The van der Waals surface area contributed by atoms with Gasteiger partial charge in [0.2, 0.25) is 0 Å². The number of hydrogen-bond donors (Lipinski definition) is 2. The Morgan fingerprint density at radius 3 is 2.50 bits per heavy atom. The second-order valence-electron chi connectivity index (χ2n) is 5.75. The molecule has 6 heteroatoms. The van der Waals surface area contributed by atoms with Gasteiger partial charge in [0, 0.05) is 19.1 Å². The summed E-state index contributed by atoms with van der Waals surface area (Å²) in [7, 11) is 0. The van der Waals surface area contributed by atoms with E-state index in [4.69, 9.17) is 5.73 Å². The normalized spacial score (nSPS) is 20.3. The lowest BCUT2D eigenvalue weighted by atomic mass is 10.1. The first-order chi connectivity index (χ1) is 9.75. The minimum Gasteiger partial charge on any atom is -0.382 e. The first-order valence-electron chi connectivity index (χ1n) is 7.56. The highest BCUT2D eigenvalue weighted by Gasteiger charge is 2.29. The Labute approximate surface area is 123 Å². The largest absolute Gasteiger partial charge is 0.382 e. The molecule has 1 aliphatic heterocycles. The lowest BCUT2D eigenvalue weighted by Crippen LogP contribution is -2.31. The molecule has 0 bridgehead atoms. The van der Waals surface area contributed by atoms with Crippen LogP contribution in [0.15, 0.2) is 0 Å². The van der Waals surface area contributed by atoms with Crippen LogP contribution >= 0.6 is 11.5 Å². The summed E-state index contributed by atoms with van der Waals surface area (Å²) in [6.45, 7) is 2.01. The predicted molar refractivity (Wildman–Crippen MR) is 82.3 cm³/mol. The molecule has 1 saturated heterocycles. The number of nitrogens with zero attached hydrogens (tertiary/aromatic N) is 2. The molecule has 1 aliphatic carbocycles. The van der Waals surface area contributed by atoms with Crippen molar-refractivity contribution >= 4 is 28.3 Å². The second kappa shape index (κ2) is 5.99. The quantitative estimate of drug-likeness (QED) is 0.898. The summed E-state index contributed by atoms with van der Waals surface area (Å²) in [5.41, 5.74) is 6.53. The van der Waals surface area contributed by atoms with Crippen LogP contribution in [0, 0.1) is 0 Å². The molecule has 20 heavy (non-hydrogen) atoms. The number of nitrogens with one attached hydrogen (secondary N) is 1. The first-order valence-corrected chi connectivity index (χ1v) is 8.34. The summed E-state index contributed by atoms with van der Waals surface area (Å²) in [4.78, 5) is 14.6. The SMILES string of the molecule is Nc1nsc(N2CCCCCCC2)c1C(=O)NC1CC1. The van der Waals surface area contributed by atoms with Crippen LogP contribution in [0.4, 0.5) is 10.8 Å². The minimum atomic E-state index is -0.0455. The van der Waals surface area contributed by atoms with E-state index in [0.29, 0.717) is 17.4 Å². The lowest BCUT2D eigenvalue weighted by molar-refractivity contribution is 0.0952. The molecule has 0 aromatic carbocycles. The van der Waals surface area contributed by atoms with Crippen molar-refractivity contribution in [2.24, 2.45) is 0 Å². The third-order valence-electron chi connectivity index (χ3n) is 3.98. The van der Waals surface area contributed by atoms with Gasteiger partial charge in [0.25, 0.3) is 5.91 Å². The number of aromatic nitrogens is 1. The minimum absolute atomic E-state index is 0.0455. The highest BCUT2D eigenvalue weighted by atomic mass is 32.1. The predicted octanol–water partition coefficient (Wildman–Crippen LogP) is 2.39. The van der Waals surface area contributed by atoms with Gasteiger partial charge in [-0.1, -0.05) is 19.3 Å². The number of rotatable bonds is 3. The van der Waals surface area contributed by atoms with Crippen molar-refractivity contribution in [2.75, 3.05) is 23.7 Å². The fourth-order valence-corrected chi connectivity index (χ4v) is 3.52. The molecule has 5 nitrogen and oxygen atoms in total. The van der Waals surface area contributed by atoms with Gasteiger partial charge in [0.15, 0.2) is 5.82 Å². The summed E-state index contributed by atoms with van der Waals surface area (Å²) >= 11 is 1.36. The van der Waals surface area contributed by atoms with Crippen molar-refractivity contribution in [3.05, 3.63) is 5.56 Å². The van der Waals surface area contributed by atoms with Gasteiger partial charge in [-0.3, -0.25) is 4.79 Å². The Hall–Kier alpha value is -1.30. The van der Waals surface area contributed by atoms with E-state index in [1.54, 1.807) is 0 Å². The van der Waals surface area contributed by atoms with Crippen LogP contribution in [-0.2, 0) is 0 Å². The number of anilines is 2. The summed E-state index contributed by atoms with van der Waals surface area (Å²) in [6.07, 6.45) is 8.41. The number of carbonyl (C=O) groups excluding carboxylic acids is 1. The Morgan fingerprint density at radius 2 is 1.85 bits per heavy atom. The molecule has 2 fully saturated rings. The van der Waals surface area contributed by atoms with Crippen LogP contribution < -0.4 is 16.0 Å². The van der Waals surface area contributed by atoms with Crippen molar-refractivity contribution in [2.45, 2.75) is 51.0 Å². The molecule has 3 rings (SSSR count). The summed E-state index contributed by atoms with van der Waals surface area (Å²) in [5.74, 6) is 0.334. The average molecular weight is 294 g/mol. The summed E-state index contributed by atoms with van der Waals surface area (Å²) < 4.78 is 4.21. The fourth-order valence-electron chi connectivity index (χ4n) is 2.66. The van der Waals surface area contributed by atoms with Crippen LogP contribution in [0.25, 0.3) is 0 Å². The van der Waals surface area contributed by atoms with Crippen molar-refractivity contribution in [3.63, 3.8) is 0 Å². The summed E-state index contributed by atoms with van der Waals surface area (Å²) in [6, 6.07) is 0.349. The van der Waals surface area contributed by atoms with Crippen LogP contribution in [0.5, 0.6) is 0 Å². The van der Waals surface area contributed by atoms with Gasteiger partial charge in [-0.15, -0.1) is 0 Å². The maximum atomic E-state index is 12.3. The molecule has 0 atom stereocenters. The van der Waals surface area contributed by atoms with Crippen molar-refractivity contribution < 1.29 is 4.79 Å². The van der Waals surface area contributed by atoms with Gasteiger partial charge in [-0.05, 0) is 37.2 Å². The van der Waals surface area contributed by atoms with E-state index in [1.807, 2.05) is 0 Å². The molecule has 1 aromatic heterocycles. The fraction of sp³-hybridized carbons (Fsp3) is 0.714. The van der Waals surface area contributed by atoms with Crippen molar-refractivity contribution in [3.8, 4) is 0 Å². The molecule has 1 amide bonds. The molecule has 1 saturated carbocycles. The zero-order chi connectivity index (χ0) is 13.9. The molecule has 1 aromatic rings. The van der Waals surface area contributed by atoms with E-state index in [2.05, 4.69) is 14.6 Å². The van der Waals surface area contributed by atoms with Gasteiger partial charge in [-0.2, -0.15) is 4.37 Å². The molecule has 2 aliphatic rings. The number of nitrogens with two attached hydrogens (primary N) is 1. The highest BCUT2D eigenvalue weighted by Crippen LogP contribution is 2.32. The first kappa shape index (κ1) is 13.7. The topological polar surface area (TPSA) is 71.2 Å². The number of nitrogen functional groups attached to an aromatic ring is 1. The van der Waals surface area contributed by atoms with E-state index in [-0.39, 0.29) is 5.91 Å². The zero-order valence-electron chi connectivity index (χ0n) is 11.7. The van der Waals surface area contributed by atoms with Gasteiger partial charge in [0.05, 0.1) is 0 Å². The monoisotopic (exact) mass is 294 g/mol. The van der Waals surface area contributed by atoms with Gasteiger partial charge in [-0.25, -0.2) is 0 Å². The highest BCUT2D eigenvalue weighted by molar-refractivity contribution is 7.11. The van der Waals surface area contributed by atoms with E-state index in [1.165, 1.54) is 43.6 Å². The van der Waals surface area contributed by atoms with Crippen LogP contribution in [0.2, 0.25) is 0 Å². The van der Waals surface area contributed by atoms with E-state index in [9.17, 15) is 4.79 Å². The maximum absolute atomic E-state index is 12.3. The molecule has 0 spiro atoms. The molecular formula is C14H22N4OS. The standard InChI is InChI=1S/C14H22N4OS/c15-12-11(13(19)16-10-6-7-10)14(20-17-12)18-8-4-2-1-3-5-9-18/h10H,1-9H2,(H2,15,17)(H,16,19). The Morgan fingerprint density at radius 1 is 1.20 bits per heavy atom.